The number of rotatable bonds is 7. The minimum atomic E-state index is 0.374. The quantitative estimate of drug-likeness (QED) is 0.474. The molecule has 3 saturated carbocycles. The zero-order valence-electron chi connectivity index (χ0n) is 20.7. The van der Waals surface area contributed by atoms with E-state index in [9.17, 15) is 0 Å². The van der Waals surface area contributed by atoms with Crippen LogP contribution in [0.2, 0.25) is 0 Å². The average molecular weight is 390 g/mol. The topological polar surface area (TPSA) is 12.0 Å². The Labute approximate surface area is 177 Å². The summed E-state index contributed by atoms with van der Waals surface area (Å²) in [6.07, 6.45) is 11.8. The highest BCUT2D eigenvalue weighted by Crippen LogP contribution is 2.66. The van der Waals surface area contributed by atoms with Gasteiger partial charge in [-0.1, -0.05) is 61.3 Å². The Morgan fingerprint density at radius 1 is 0.929 bits per heavy atom. The molecule has 1 N–H and O–H groups in total. The van der Waals surface area contributed by atoms with E-state index >= 15 is 0 Å². The Balaban J connectivity index is 1.67. The van der Waals surface area contributed by atoms with Gasteiger partial charge in [-0.15, -0.1) is 0 Å². The predicted molar refractivity (Wildman–Crippen MR) is 123 cm³/mol. The molecular weight excluding hydrogens is 338 g/mol. The van der Waals surface area contributed by atoms with Gasteiger partial charge in [-0.2, -0.15) is 0 Å². The third kappa shape index (κ3) is 3.83. The summed E-state index contributed by atoms with van der Waals surface area (Å²) in [6, 6.07) is 0.611. The third-order valence-corrected chi connectivity index (χ3v) is 11.0. The maximum absolute atomic E-state index is 3.45. The Bertz CT molecular complexity index is 530. The maximum Gasteiger partial charge on any atom is 0.00384 e. The minimum absolute atomic E-state index is 0.374. The Morgan fingerprint density at radius 3 is 2.21 bits per heavy atom. The second-order valence-corrected chi connectivity index (χ2v) is 13.1. The lowest BCUT2D eigenvalue weighted by Gasteiger charge is -2.48. The van der Waals surface area contributed by atoms with Gasteiger partial charge in [0.15, 0.2) is 0 Å². The van der Waals surface area contributed by atoms with Crippen LogP contribution < -0.4 is 5.32 Å². The van der Waals surface area contributed by atoms with Crippen molar-refractivity contribution >= 4 is 0 Å². The Morgan fingerprint density at radius 2 is 1.57 bits per heavy atom. The fourth-order valence-corrected chi connectivity index (χ4v) is 8.14. The molecule has 0 spiro atoms. The van der Waals surface area contributed by atoms with Crippen LogP contribution in [0, 0.1) is 51.8 Å². The first-order valence-corrected chi connectivity index (χ1v) is 12.6. The highest BCUT2D eigenvalue weighted by molar-refractivity contribution is 5.07. The van der Waals surface area contributed by atoms with Gasteiger partial charge in [0.2, 0.25) is 0 Å². The molecule has 3 aliphatic rings. The van der Waals surface area contributed by atoms with Crippen LogP contribution >= 0.6 is 0 Å². The molecule has 0 aliphatic heterocycles. The molecule has 0 radical (unpaired) electrons. The molecule has 0 amide bonds. The van der Waals surface area contributed by atoms with E-state index in [1.165, 1.54) is 51.4 Å². The normalized spacial score (nSPS) is 37.4. The molecular formula is C27H51N. The van der Waals surface area contributed by atoms with Crippen molar-refractivity contribution in [2.75, 3.05) is 7.05 Å². The standard InChI is InChI=1S/C27H51N/c1-18(14-19(2)28-9)27(7,8)25(3,4)17-20-15-22-21-12-10-11-13-23(21)26(5,6)24(22)16-20/h18-24,28H,10-17H2,1-9H3. The van der Waals surface area contributed by atoms with Crippen molar-refractivity contribution in [1.82, 2.24) is 5.32 Å². The van der Waals surface area contributed by atoms with Gasteiger partial charge in [-0.05, 0) is 104 Å². The number of fused-ring (bicyclic) bond motifs is 3. The van der Waals surface area contributed by atoms with E-state index in [0.29, 0.717) is 22.3 Å². The molecule has 7 atom stereocenters. The van der Waals surface area contributed by atoms with Crippen LogP contribution in [-0.4, -0.2) is 13.1 Å². The summed E-state index contributed by atoms with van der Waals surface area (Å²) >= 11 is 0. The van der Waals surface area contributed by atoms with E-state index in [1.54, 1.807) is 0 Å². The number of nitrogens with one attached hydrogen (secondary N) is 1. The molecule has 0 aromatic heterocycles. The van der Waals surface area contributed by atoms with Crippen molar-refractivity contribution in [3.8, 4) is 0 Å². The van der Waals surface area contributed by atoms with E-state index in [4.69, 9.17) is 0 Å². The lowest BCUT2D eigenvalue weighted by atomic mass is 9.57. The zero-order chi connectivity index (χ0) is 20.9. The summed E-state index contributed by atoms with van der Waals surface area (Å²) in [5, 5.41) is 3.45. The zero-order valence-corrected chi connectivity index (χ0v) is 20.7. The highest BCUT2D eigenvalue weighted by Gasteiger charge is 2.58. The van der Waals surface area contributed by atoms with Gasteiger partial charge in [-0.3, -0.25) is 0 Å². The molecule has 3 rings (SSSR count). The van der Waals surface area contributed by atoms with Crippen LogP contribution in [0.1, 0.15) is 107 Å². The summed E-state index contributed by atoms with van der Waals surface area (Å²) in [5.41, 5.74) is 1.37. The van der Waals surface area contributed by atoms with Crippen LogP contribution in [0.5, 0.6) is 0 Å². The molecule has 0 heterocycles. The first kappa shape index (κ1) is 22.6. The van der Waals surface area contributed by atoms with E-state index < -0.39 is 0 Å². The molecule has 7 unspecified atom stereocenters. The largest absolute Gasteiger partial charge is 0.317 e. The van der Waals surface area contributed by atoms with Gasteiger partial charge in [0.05, 0.1) is 0 Å². The summed E-state index contributed by atoms with van der Waals surface area (Å²) in [7, 11) is 2.10. The molecule has 3 aliphatic carbocycles. The second kappa shape index (κ2) is 7.90. The van der Waals surface area contributed by atoms with Gasteiger partial charge in [0.1, 0.15) is 0 Å². The van der Waals surface area contributed by atoms with Crippen LogP contribution in [0.3, 0.4) is 0 Å². The van der Waals surface area contributed by atoms with Crippen molar-refractivity contribution in [2.24, 2.45) is 51.8 Å². The average Bonchev–Trinajstić information content (AvgIpc) is 3.12. The lowest BCUT2D eigenvalue weighted by molar-refractivity contribution is 0.0145. The smallest absolute Gasteiger partial charge is 0.00384 e. The summed E-state index contributed by atoms with van der Waals surface area (Å²) in [4.78, 5) is 0. The molecule has 28 heavy (non-hydrogen) atoms. The molecule has 1 heteroatoms. The fourth-order valence-electron chi connectivity index (χ4n) is 8.14. The monoisotopic (exact) mass is 389 g/mol. The molecule has 3 fully saturated rings. The van der Waals surface area contributed by atoms with Crippen LogP contribution in [0.25, 0.3) is 0 Å². The summed E-state index contributed by atoms with van der Waals surface area (Å²) in [5.74, 6) is 5.84. The SMILES string of the molecule is CNC(C)CC(C)C(C)(C)C(C)(C)CC1CC2C3CCCCC3C(C)(C)C2C1. The minimum Gasteiger partial charge on any atom is -0.317 e. The van der Waals surface area contributed by atoms with Crippen LogP contribution in [0.4, 0.5) is 0 Å². The van der Waals surface area contributed by atoms with Crippen molar-refractivity contribution in [2.45, 2.75) is 113 Å². The first-order chi connectivity index (χ1) is 12.9. The maximum atomic E-state index is 3.45. The fraction of sp³-hybridized carbons (Fsp3) is 1.00. The van der Waals surface area contributed by atoms with E-state index in [-0.39, 0.29) is 0 Å². The van der Waals surface area contributed by atoms with Crippen molar-refractivity contribution < 1.29 is 0 Å². The Kier molecular flexibility index (Phi) is 6.39. The van der Waals surface area contributed by atoms with Crippen molar-refractivity contribution in [3.63, 3.8) is 0 Å². The number of hydrogen-bond donors (Lipinski definition) is 1. The van der Waals surface area contributed by atoms with E-state index in [0.717, 1.165) is 35.5 Å². The summed E-state index contributed by atoms with van der Waals surface area (Å²) < 4.78 is 0. The first-order valence-electron chi connectivity index (χ1n) is 12.6. The van der Waals surface area contributed by atoms with Crippen molar-refractivity contribution in [3.05, 3.63) is 0 Å². The molecule has 0 bridgehead atoms. The molecule has 0 saturated heterocycles. The van der Waals surface area contributed by atoms with Crippen LogP contribution in [0.15, 0.2) is 0 Å². The van der Waals surface area contributed by atoms with Gasteiger partial charge in [-0.25, -0.2) is 0 Å². The Hall–Kier alpha value is -0.0400. The van der Waals surface area contributed by atoms with Gasteiger partial charge < -0.3 is 5.32 Å². The highest BCUT2D eigenvalue weighted by atomic mass is 14.9. The molecule has 0 aromatic carbocycles. The van der Waals surface area contributed by atoms with Crippen LogP contribution in [-0.2, 0) is 0 Å². The van der Waals surface area contributed by atoms with Gasteiger partial charge >= 0.3 is 0 Å². The number of hydrogen-bond acceptors (Lipinski definition) is 1. The molecule has 164 valence electrons. The molecule has 0 aromatic rings. The van der Waals surface area contributed by atoms with Gasteiger partial charge in [0, 0.05) is 6.04 Å². The van der Waals surface area contributed by atoms with E-state index in [2.05, 4.69) is 67.8 Å². The van der Waals surface area contributed by atoms with Gasteiger partial charge in [0.25, 0.3) is 0 Å². The predicted octanol–water partition coefficient (Wildman–Crippen LogP) is 7.55. The second-order valence-electron chi connectivity index (χ2n) is 13.1. The lowest BCUT2D eigenvalue weighted by Crippen LogP contribution is -2.41. The van der Waals surface area contributed by atoms with Crippen molar-refractivity contribution in [1.29, 1.82) is 0 Å². The summed E-state index contributed by atoms with van der Waals surface area (Å²) in [6.45, 7) is 20.4. The third-order valence-electron chi connectivity index (χ3n) is 11.0. The van der Waals surface area contributed by atoms with E-state index in [1.807, 2.05) is 0 Å². The molecule has 1 nitrogen and oxygen atoms in total.